The molecule has 0 amide bonds. The van der Waals surface area contributed by atoms with Crippen molar-refractivity contribution in [2.45, 2.75) is 12.3 Å². The highest BCUT2D eigenvalue weighted by Crippen LogP contribution is 2.49. The quantitative estimate of drug-likeness (QED) is 0.811. The molecule has 2 rings (SSSR count). The van der Waals surface area contributed by atoms with Gasteiger partial charge in [0.05, 0.1) is 6.61 Å². The topological polar surface area (TPSA) is 21.3 Å². The highest BCUT2D eigenvalue weighted by Gasteiger charge is 2.38. The van der Waals surface area contributed by atoms with Crippen LogP contribution in [0.5, 0.6) is 0 Å². The Kier molecular flexibility index (Phi) is 4.86. The zero-order chi connectivity index (χ0) is 12.3. The van der Waals surface area contributed by atoms with Crippen molar-refractivity contribution in [2.75, 3.05) is 26.8 Å². The van der Waals surface area contributed by atoms with Gasteiger partial charge in [-0.1, -0.05) is 27.5 Å². The van der Waals surface area contributed by atoms with Gasteiger partial charge in [0.15, 0.2) is 0 Å². The van der Waals surface area contributed by atoms with E-state index in [0.717, 1.165) is 30.6 Å². The summed E-state index contributed by atoms with van der Waals surface area (Å²) in [6.45, 7) is 2.77. The highest BCUT2D eigenvalue weighted by atomic mass is 79.9. The summed E-state index contributed by atoms with van der Waals surface area (Å²) < 4.78 is 6.18. The maximum Gasteiger partial charge on any atom is 0.0587 e. The van der Waals surface area contributed by atoms with Crippen molar-refractivity contribution in [3.05, 3.63) is 33.3 Å². The number of benzene rings is 1. The number of rotatable bonds is 6. The van der Waals surface area contributed by atoms with Crippen LogP contribution in [0.2, 0.25) is 5.02 Å². The molecule has 0 heterocycles. The minimum absolute atomic E-state index is 0.651. The average Bonchev–Trinajstić information content (AvgIpc) is 3.07. The van der Waals surface area contributed by atoms with E-state index >= 15 is 0 Å². The van der Waals surface area contributed by atoms with Crippen molar-refractivity contribution < 1.29 is 4.74 Å². The summed E-state index contributed by atoms with van der Waals surface area (Å²) in [4.78, 5) is 0. The van der Waals surface area contributed by atoms with Crippen LogP contribution in [-0.4, -0.2) is 26.8 Å². The molecular weight excluding hydrogens is 302 g/mol. The molecule has 0 aliphatic heterocycles. The van der Waals surface area contributed by atoms with Crippen LogP contribution >= 0.6 is 27.5 Å². The summed E-state index contributed by atoms with van der Waals surface area (Å²) in [5.41, 5.74) is 1.34. The van der Waals surface area contributed by atoms with E-state index in [2.05, 4.69) is 27.3 Å². The number of halogens is 2. The fraction of sp³-hybridized carbons (Fsp3) is 0.538. The maximum absolute atomic E-state index is 6.03. The molecule has 0 saturated heterocycles. The molecule has 1 N–H and O–H groups in total. The van der Waals surface area contributed by atoms with E-state index in [1.54, 1.807) is 7.11 Å². The molecule has 2 unspecified atom stereocenters. The molecule has 1 saturated carbocycles. The third-order valence-corrected chi connectivity index (χ3v) is 4.13. The van der Waals surface area contributed by atoms with E-state index in [4.69, 9.17) is 16.3 Å². The van der Waals surface area contributed by atoms with Gasteiger partial charge in [0, 0.05) is 23.1 Å². The van der Waals surface area contributed by atoms with Crippen LogP contribution in [0.4, 0.5) is 0 Å². The number of methoxy groups -OCH3 is 1. The monoisotopic (exact) mass is 317 g/mol. The lowest BCUT2D eigenvalue weighted by Crippen LogP contribution is -2.21. The second-order valence-electron chi connectivity index (χ2n) is 4.47. The largest absolute Gasteiger partial charge is 0.383 e. The van der Waals surface area contributed by atoms with Crippen LogP contribution in [0.1, 0.15) is 17.9 Å². The lowest BCUT2D eigenvalue weighted by molar-refractivity contribution is 0.199. The molecule has 0 spiro atoms. The van der Waals surface area contributed by atoms with Crippen molar-refractivity contribution in [3.8, 4) is 0 Å². The summed E-state index contributed by atoms with van der Waals surface area (Å²) in [5.74, 6) is 1.39. The molecule has 1 aliphatic rings. The molecule has 1 aliphatic carbocycles. The fourth-order valence-corrected chi connectivity index (χ4v) is 2.84. The molecule has 2 atom stereocenters. The van der Waals surface area contributed by atoms with Gasteiger partial charge in [0.25, 0.3) is 0 Å². The van der Waals surface area contributed by atoms with Crippen molar-refractivity contribution >= 4 is 27.5 Å². The molecular formula is C13H17BrClNO. The Morgan fingerprint density at radius 1 is 1.53 bits per heavy atom. The first-order chi connectivity index (χ1) is 8.22. The molecule has 0 bridgehead atoms. The Bertz CT molecular complexity index is 386. The van der Waals surface area contributed by atoms with Gasteiger partial charge in [-0.05, 0) is 48.6 Å². The SMILES string of the molecule is COCCNCC1CC1c1cc(Cl)ccc1Br. The Labute approximate surface area is 116 Å². The molecule has 2 nitrogen and oxygen atoms in total. The first kappa shape index (κ1) is 13.3. The van der Waals surface area contributed by atoms with Gasteiger partial charge in [-0.15, -0.1) is 0 Å². The number of ether oxygens (including phenoxy) is 1. The molecule has 94 valence electrons. The van der Waals surface area contributed by atoms with E-state index in [-0.39, 0.29) is 0 Å². The van der Waals surface area contributed by atoms with Crippen LogP contribution < -0.4 is 5.32 Å². The van der Waals surface area contributed by atoms with E-state index in [0.29, 0.717) is 5.92 Å². The van der Waals surface area contributed by atoms with E-state index < -0.39 is 0 Å². The number of hydrogen-bond acceptors (Lipinski definition) is 2. The first-order valence-corrected chi connectivity index (χ1v) is 7.04. The Balaban J connectivity index is 1.83. The lowest BCUT2D eigenvalue weighted by Gasteiger charge is -2.06. The van der Waals surface area contributed by atoms with Crippen LogP contribution in [0, 0.1) is 5.92 Å². The number of hydrogen-bond donors (Lipinski definition) is 1. The Morgan fingerprint density at radius 2 is 2.35 bits per heavy atom. The van der Waals surface area contributed by atoms with Crippen molar-refractivity contribution in [1.82, 2.24) is 5.32 Å². The third kappa shape index (κ3) is 3.68. The summed E-state index contributed by atoms with van der Waals surface area (Å²) in [6, 6.07) is 6.03. The van der Waals surface area contributed by atoms with Crippen molar-refractivity contribution in [2.24, 2.45) is 5.92 Å². The van der Waals surface area contributed by atoms with Crippen molar-refractivity contribution in [1.29, 1.82) is 0 Å². The molecule has 0 radical (unpaired) electrons. The molecule has 4 heteroatoms. The van der Waals surface area contributed by atoms with Crippen molar-refractivity contribution in [3.63, 3.8) is 0 Å². The van der Waals surface area contributed by atoms with Gasteiger partial charge in [0.1, 0.15) is 0 Å². The second-order valence-corrected chi connectivity index (χ2v) is 5.76. The Hall–Kier alpha value is -0.0900. The lowest BCUT2D eigenvalue weighted by atomic mass is 10.1. The highest BCUT2D eigenvalue weighted by molar-refractivity contribution is 9.10. The minimum Gasteiger partial charge on any atom is -0.383 e. The molecule has 1 aromatic carbocycles. The molecule has 0 aromatic heterocycles. The van der Waals surface area contributed by atoms with E-state index in [1.807, 2.05) is 12.1 Å². The second kappa shape index (κ2) is 6.19. The predicted molar refractivity (Wildman–Crippen MR) is 74.7 cm³/mol. The zero-order valence-corrected chi connectivity index (χ0v) is 12.2. The average molecular weight is 319 g/mol. The van der Waals surface area contributed by atoms with Gasteiger partial charge >= 0.3 is 0 Å². The summed E-state index contributed by atoms with van der Waals surface area (Å²) in [5, 5.41) is 4.23. The number of nitrogens with one attached hydrogen (secondary N) is 1. The summed E-state index contributed by atoms with van der Waals surface area (Å²) in [6.07, 6.45) is 1.25. The molecule has 1 aromatic rings. The van der Waals surface area contributed by atoms with Crippen LogP contribution in [0.15, 0.2) is 22.7 Å². The van der Waals surface area contributed by atoms with E-state index in [1.165, 1.54) is 16.5 Å². The Morgan fingerprint density at radius 3 is 3.12 bits per heavy atom. The van der Waals surface area contributed by atoms with Gasteiger partial charge in [-0.3, -0.25) is 0 Å². The van der Waals surface area contributed by atoms with Crippen LogP contribution in [0.25, 0.3) is 0 Å². The van der Waals surface area contributed by atoms with Gasteiger partial charge in [-0.25, -0.2) is 0 Å². The summed E-state index contributed by atoms with van der Waals surface area (Å²) in [7, 11) is 1.73. The van der Waals surface area contributed by atoms with Gasteiger partial charge in [-0.2, -0.15) is 0 Å². The smallest absolute Gasteiger partial charge is 0.0587 e. The zero-order valence-electron chi connectivity index (χ0n) is 9.88. The maximum atomic E-state index is 6.03. The van der Waals surface area contributed by atoms with Crippen LogP contribution in [0.3, 0.4) is 0 Å². The van der Waals surface area contributed by atoms with E-state index in [9.17, 15) is 0 Å². The van der Waals surface area contributed by atoms with Crippen LogP contribution in [-0.2, 0) is 4.74 Å². The molecule has 17 heavy (non-hydrogen) atoms. The van der Waals surface area contributed by atoms with Gasteiger partial charge < -0.3 is 10.1 Å². The fourth-order valence-electron chi connectivity index (χ4n) is 2.11. The third-order valence-electron chi connectivity index (χ3n) is 3.17. The minimum atomic E-state index is 0.651. The predicted octanol–water partition coefficient (Wildman–Crippen LogP) is 3.44. The first-order valence-electron chi connectivity index (χ1n) is 5.87. The van der Waals surface area contributed by atoms with Gasteiger partial charge in [0.2, 0.25) is 0 Å². The normalized spacial score (nSPS) is 22.8. The summed E-state index contributed by atoms with van der Waals surface area (Å²) >= 11 is 9.62. The molecule has 1 fully saturated rings. The standard InChI is InChI=1S/C13H17BrClNO/c1-17-5-4-16-8-9-6-11(9)12-7-10(15)2-3-13(12)14/h2-3,7,9,11,16H,4-6,8H2,1H3.